The van der Waals surface area contributed by atoms with E-state index in [4.69, 9.17) is 16.3 Å². The summed E-state index contributed by atoms with van der Waals surface area (Å²) >= 11 is 5.99. The molecule has 2 atom stereocenters. The van der Waals surface area contributed by atoms with Crippen LogP contribution in [0.4, 0.5) is 13.2 Å². The Balaban J connectivity index is 1.09. The van der Waals surface area contributed by atoms with Crippen molar-refractivity contribution in [1.29, 1.82) is 0 Å². The average molecular weight is 505 g/mol. The largest absolute Gasteiger partial charge is 0.480 e. The molecule has 0 unspecified atom stereocenters. The number of ether oxygens (including phenoxy) is 1. The van der Waals surface area contributed by atoms with Crippen molar-refractivity contribution < 1.29 is 27.8 Å². The molecule has 3 heterocycles. The third kappa shape index (κ3) is 3.66. The molecule has 1 aliphatic heterocycles. The Hall–Kier alpha value is -3.11. The molecule has 4 aliphatic rings. The highest BCUT2D eigenvalue weighted by molar-refractivity contribution is 6.30. The molecule has 11 heteroatoms. The third-order valence-corrected chi connectivity index (χ3v) is 7.44. The van der Waals surface area contributed by atoms with Crippen molar-refractivity contribution in [2.24, 2.45) is 0 Å². The summed E-state index contributed by atoms with van der Waals surface area (Å²) in [6.07, 6.45) is 0.818. The topological polar surface area (TPSA) is 89.3 Å². The van der Waals surface area contributed by atoms with Gasteiger partial charge in [0, 0.05) is 40.5 Å². The van der Waals surface area contributed by atoms with E-state index in [1.54, 1.807) is 30.7 Å². The van der Waals surface area contributed by atoms with Crippen molar-refractivity contribution in [3.8, 4) is 17.0 Å². The van der Waals surface area contributed by atoms with Gasteiger partial charge >= 0.3 is 6.18 Å². The number of pyridine rings is 1. The van der Waals surface area contributed by atoms with Gasteiger partial charge in [-0.05, 0) is 49.6 Å². The van der Waals surface area contributed by atoms with Crippen molar-refractivity contribution in [3.63, 3.8) is 0 Å². The van der Waals surface area contributed by atoms with Crippen molar-refractivity contribution in [2.45, 2.75) is 55.1 Å². The van der Waals surface area contributed by atoms with Gasteiger partial charge in [0.05, 0.1) is 23.7 Å². The minimum absolute atomic E-state index is 0.145. The van der Waals surface area contributed by atoms with Crippen LogP contribution in [0.3, 0.4) is 0 Å². The second-order valence-electron chi connectivity index (χ2n) is 9.66. The number of carbonyl (C=O) groups is 1. The van der Waals surface area contributed by atoms with Crippen molar-refractivity contribution in [2.75, 3.05) is 0 Å². The second-order valence-corrected chi connectivity index (χ2v) is 10.1. The molecule has 2 aromatic heterocycles. The molecule has 3 aromatic rings. The van der Waals surface area contributed by atoms with Crippen LogP contribution in [-0.4, -0.2) is 37.2 Å². The number of aromatic nitrogens is 3. The van der Waals surface area contributed by atoms with Gasteiger partial charge in [-0.2, -0.15) is 13.2 Å². The van der Waals surface area contributed by atoms with E-state index in [0.29, 0.717) is 46.9 Å². The number of halogens is 4. The molecule has 7 rings (SSSR count). The molecular weight excluding hydrogens is 485 g/mol. The van der Waals surface area contributed by atoms with Crippen LogP contribution in [0.15, 0.2) is 49.1 Å². The van der Waals surface area contributed by atoms with Gasteiger partial charge in [0.15, 0.2) is 6.10 Å². The lowest BCUT2D eigenvalue weighted by molar-refractivity contribution is -0.161. The summed E-state index contributed by atoms with van der Waals surface area (Å²) in [5.74, 6) is 0.186. The van der Waals surface area contributed by atoms with E-state index < -0.39 is 24.1 Å². The van der Waals surface area contributed by atoms with E-state index in [2.05, 4.69) is 15.3 Å². The maximum absolute atomic E-state index is 12.9. The van der Waals surface area contributed by atoms with Crippen LogP contribution in [0, 0.1) is 0 Å². The Morgan fingerprint density at radius 2 is 1.97 bits per heavy atom. The van der Waals surface area contributed by atoms with Gasteiger partial charge in [-0.25, -0.2) is 4.98 Å². The number of alkyl halides is 3. The fraction of sp³-hybridized carbons (Fsp3) is 0.375. The standard InChI is InChI=1S/C24H20ClF3N4O3/c25-14-2-3-18-15(5-14)17(33)6-19(35-18)21(34)31-22-9-23(10-22,11-22)32-8-16(30-12-32)13-1-4-20(29-7-13)24(26,27)28/h1-5,7-8,12,17,19,33H,6,9-11H2,(H,31,34)/t17-,19-,22?,23?/m1/s1. The van der Waals surface area contributed by atoms with Crippen molar-refractivity contribution >= 4 is 17.5 Å². The zero-order valence-electron chi connectivity index (χ0n) is 18.2. The van der Waals surface area contributed by atoms with Crippen molar-refractivity contribution in [3.05, 3.63) is 65.3 Å². The molecule has 1 aromatic carbocycles. The summed E-state index contributed by atoms with van der Waals surface area (Å²) in [6, 6.07) is 7.24. The van der Waals surface area contributed by atoms with Crippen LogP contribution >= 0.6 is 11.6 Å². The highest BCUT2D eigenvalue weighted by atomic mass is 35.5. The Bertz CT molecular complexity index is 1300. The predicted octanol–water partition coefficient (Wildman–Crippen LogP) is 4.25. The summed E-state index contributed by atoms with van der Waals surface area (Å²) in [4.78, 5) is 20.7. The molecule has 3 fully saturated rings. The van der Waals surface area contributed by atoms with E-state index in [1.165, 1.54) is 12.3 Å². The van der Waals surface area contributed by atoms with Crippen LogP contribution < -0.4 is 10.1 Å². The molecule has 35 heavy (non-hydrogen) atoms. The van der Waals surface area contributed by atoms with Gasteiger partial charge in [0.1, 0.15) is 11.4 Å². The smallest absolute Gasteiger partial charge is 0.433 e. The summed E-state index contributed by atoms with van der Waals surface area (Å²) in [6.45, 7) is 0. The first-order valence-corrected chi connectivity index (χ1v) is 11.5. The SMILES string of the molecule is O=C(NC12CC(n3cnc(-c4ccc(C(F)(F)F)nc4)c3)(C1)C2)[C@H]1C[C@@H](O)c2cc(Cl)ccc2O1. The number of hydrogen-bond acceptors (Lipinski definition) is 5. The molecule has 1 amide bonds. The third-order valence-electron chi connectivity index (χ3n) is 7.20. The number of nitrogens with zero attached hydrogens (tertiary/aromatic N) is 3. The van der Waals surface area contributed by atoms with E-state index in [0.717, 1.165) is 6.07 Å². The molecule has 0 spiro atoms. The molecule has 182 valence electrons. The lowest BCUT2D eigenvalue weighted by atomic mass is 9.44. The quantitative estimate of drug-likeness (QED) is 0.554. The van der Waals surface area contributed by atoms with E-state index in [-0.39, 0.29) is 23.4 Å². The maximum Gasteiger partial charge on any atom is 0.433 e. The zero-order chi connectivity index (χ0) is 24.6. The van der Waals surface area contributed by atoms with Gasteiger partial charge in [-0.1, -0.05) is 11.6 Å². The molecule has 2 bridgehead atoms. The predicted molar refractivity (Wildman–Crippen MR) is 119 cm³/mol. The number of imidazole rings is 1. The lowest BCUT2D eigenvalue weighted by Gasteiger charge is -2.70. The first-order valence-electron chi connectivity index (χ1n) is 11.1. The average Bonchev–Trinajstić information content (AvgIpc) is 3.25. The number of aliphatic hydroxyl groups is 1. The number of carbonyl (C=O) groups excluding carboxylic acids is 1. The second kappa shape index (κ2) is 7.44. The van der Waals surface area contributed by atoms with E-state index in [1.807, 2.05) is 4.57 Å². The molecule has 3 aliphatic carbocycles. The molecule has 7 nitrogen and oxygen atoms in total. The Labute approximate surface area is 202 Å². The fourth-order valence-corrected chi connectivity index (χ4v) is 5.69. The number of hydrogen-bond donors (Lipinski definition) is 2. The monoisotopic (exact) mass is 504 g/mol. The molecule has 3 saturated carbocycles. The summed E-state index contributed by atoms with van der Waals surface area (Å²) in [7, 11) is 0. The Kier molecular flexibility index (Phi) is 4.76. The first kappa shape index (κ1) is 22.4. The highest BCUT2D eigenvalue weighted by Crippen LogP contribution is 2.65. The lowest BCUT2D eigenvalue weighted by Crippen LogP contribution is -2.79. The van der Waals surface area contributed by atoms with Gasteiger partial charge in [0.25, 0.3) is 5.91 Å². The fourth-order valence-electron chi connectivity index (χ4n) is 5.51. The van der Waals surface area contributed by atoms with Crippen LogP contribution in [0.1, 0.15) is 43.0 Å². The first-order chi connectivity index (χ1) is 16.6. The van der Waals surface area contributed by atoms with Gasteiger partial charge < -0.3 is 19.7 Å². The summed E-state index contributed by atoms with van der Waals surface area (Å²) < 4.78 is 46.0. The number of fused-ring (bicyclic) bond motifs is 1. The number of benzene rings is 1. The number of nitrogens with one attached hydrogen (secondary N) is 1. The van der Waals surface area contributed by atoms with Crippen LogP contribution in [0.5, 0.6) is 5.75 Å². The zero-order valence-corrected chi connectivity index (χ0v) is 19.0. The highest BCUT2D eigenvalue weighted by Gasteiger charge is 2.70. The van der Waals surface area contributed by atoms with E-state index in [9.17, 15) is 23.1 Å². The maximum atomic E-state index is 12.9. The van der Waals surface area contributed by atoms with E-state index >= 15 is 0 Å². The molecule has 0 saturated heterocycles. The Morgan fingerprint density at radius 1 is 1.20 bits per heavy atom. The number of rotatable bonds is 4. The molecule has 0 radical (unpaired) electrons. The summed E-state index contributed by atoms with van der Waals surface area (Å²) in [5.41, 5.74) is 0.170. The van der Waals surface area contributed by atoms with Crippen LogP contribution in [-0.2, 0) is 16.5 Å². The number of aliphatic hydroxyl groups excluding tert-OH is 1. The Morgan fingerprint density at radius 3 is 2.66 bits per heavy atom. The van der Waals surface area contributed by atoms with Gasteiger partial charge in [-0.15, -0.1) is 0 Å². The van der Waals surface area contributed by atoms with Crippen LogP contribution in [0.2, 0.25) is 5.02 Å². The normalized spacial score (nSPS) is 28.8. The van der Waals surface area contributed by atoms with Crippen molar-refractivity contribution in [1.82, 2.24) is 19.9 Å². The molecular formula is C24H20ClF3N4O3. The van der Waals surface area contributed by atoms with Crippen LogP contribution in [0.25, 0.3) is 11.3 Å². The minimum atomic E-state index is -4.49. The van der Waals surface area contributed by atoms with Gasteiger partial charge in [-0.3, -0.25) is 9.78 Å². The minimum Gasteiger partial charge on any atom is -0.480 e. The molecule has 2 N–H and O–H groups in total. The summed E-state index contributed by atoms with van der Waals surface area (Å²) in [5, 5.41) is 14.0. The van der Waals surface area contributed by atoms with Gasteiger partial charge in [0.2, 0.25) is 0 Å². The number of amides is 1.